The molecule has 1 aliphatic rings. The highest BCUT2D eigenvalue weighted by Crippen LogP contribution is 2.36. The SMILES string of the molecule is CC(C)Oc1ccc(S(=O)(=O)N2CCC(c3cn(CC(=O)O)c4cnccc34)C2)cc1F. The molecule has 1 unspecified atom stereocenters. The van der Waals surface area contributed by atoms with Crippen molar-refractivity contribution in [3.8, 4) is 5.75 Å². The lowest BCUT2D eigenvalue weighted by atomic mass is 9.98. The highest BCUT2D eigenvalue weighted by molar-refractivity contribution is 7.89. The first-order valence-corrected chi connectivity index (χ1v) is 11.7. The maximum absolute atomic E-state index is 14.4. The third-order valence-electron chi connectivity index (χ3n) is 5.52. The highest BCUT2D eigenvalue weighted by Gasteiger charge is 2.35. The quantitative estimate of drug-likeness (QED) is 0.580. The summed E-state index contributed by atoms with van der Waals surface area (Å²) in [6, 6.07) is 5.49. The van der Waals surface area contributed by atoms with Crippen molar-refractivity contribution in [2.24, 2.45) is 0 Å². The van der Waals surface area contributed by atoms with Crippen molar-refractivity contribution in [2.45, 2.75) is 43.7 Å². The molecular weight excluding hydrogens is 437 g/mol. The van der Waals surface area contributed by atoms with Crippen LogP contribution >= 0.6 is 0 Å². The smallest absolute Gasteiger partial charge is 0.323 e. The van der Waals surface area contributed by atoms with Crippen LogP contribution < -0.4 is 4.74 Å². The first-order valence-electron chi connectivity index (χ1n) is 10.3. The van der Waals surface area contributed by atoms with Crippen LogP contribution in [0.3, 0.4) is 0 Å². The highest BCUT2D eigenvalue weighted by atomic mass is 32.2. The van der Waals surface area contributed by atoms with Gasteiger partial charge in [-0.2, -0.15) is 4.31 Å². The number of nitrogens with zero attached hydrogens (tertiary/aromatic N) is 3. The zero-order chi connectivity index (χ0) is 23.0. The second-order valence-electron chi connectivity index (χ2n) is 8.11. The van der Waals surface area contributed by atoms with Gasteiger partial charge < -0.3 is 14.4 Å². The molecule has 3 aromatic rings. The monoisotopic (exact) mass is 461 g/mol. The molecule has 0 amide bonds. The number of halogens is 1. The Labute approximate surface area is 185 Å². The molecule has 1 aromatic carbocycles. The summed E-state index contributed by atoms with van der Waals surface area (Å²) in [5.74, 6) is -1.80. The molecule has 2 aromatic heterocycles. The summed E-state index contributed by atoms with van der Waals surface area (Å²) in [6.07, 6.45) is 5.34. The zero-order valence-corrected chi connectivity index (χ0v) is 18.5. The van der Waals surface area contributed by atoms with Crippen LogP contribution in [0.15, 0.2) is 47.8 Å². The molecule has 0 radical (unpaired) electrons. The number of aromatic nitrogens is 2. The molecule has 1 saturated heterocycles. The summed E-state index contributed by atoms with van der Waals surface area (Å²) in [4.78, 5) is 15.2. The number of rotatable bonds is 7. The van der Waals surface area contributed by atoms with Crippen LogP contribution in [-0.2, 0) is 21.4 Å². The molecule has 3 heterocycles. The van der Waals surface area contributed by atoms with Crippen molar-refractivity contribution in [3.05, 3.63) is 54.2 Å². The fraction of sp³-hybridized carbons (Fsp3) is 0.364. The van der Waals surface area contributed by atoms with Gasteiger partial charge in [-0.05, 0) is 50.1 Å². The van der Waals surface area contributed by atoms with Gasteiger partial charge >= 0.3 is 5.97 Å². The van der Waals surface area contributed by atoms with E-state index in [1.54, 1.807) is 37.0 Å². The summed E-state index contributed by atoms with van der Waals surface area (Å²) >= 11 is 0. The zero-order valence-electron chi connectivity index (χ0n) is 17.7. The minimum absolute atomic E-state index is 0.0121. The van der Waals surface area contributed by atoms with Gasteiger partial charge in [0.05, 0.1) is 22.7 Å². The Morgan fingerprint density at radius 1 is 1.34 bits per heavy atom. The van der Waals surface area contributed by atoms with E-state index < -0.39 is 21.8 Å². The van der Waals surface area contributed by atoms with Gasteiger partial charge in [0.25, 0.3) is 0 Å². The molecule has 1 N–H and O–H groups in total. The van der Waals surface area contributed by atoms with E-state index in [-0.39, 0.29) is 42.3 Å². The standard InChI is InChI=1S/C22H24FN3O5S/c1-14(2)31-21-4-3-16(9-19(21)23)32(29,30)26-8-6-15(11-26)18-12-25(13-22(27)28)20-10-24-7-5-17(18)20/h3-5,7,9-10,12,14-15H,6,8,11,13H2,1-2H3,(H,27,28). The lowest BCUT2D eigenvalue weighted by molar-refractivity contribution is -0.137. The van der Waals surface area contributed by atoms with Crippen molar-refractivity contribution in [3.63, 3.8) is 0 Å². The molecule has 0 bridgehead atoms. The van der Waals surface area contributed by atoms with Gasteiger partial charge in [0, 0.05) is 36.8 Å². The topological polar surface area (TPSA) is 102 Å². The third kappa shape index (κ3) is 4.20. The maximum Gasteiger partial charge on any atom is 0.323 e. The minimum atomic E-state index is -3.89. The van der Waals surface area contributed by atoms with Crippen LogP contribution in [0.25, 0.3) is 10.9 Å². The molecule has 170 valence electrons. The number of fused-ring (bicyclic) bond motifs is 1. The van der Waals surface area contributed by atoms with Crippen LogP contribution in [-0.4, -0.2) is 52.5 Å². The molecule has 1 fully saturated rings. The van der Waals surface area contributed by atoms with Gasteiger partial charge in [-0.3, -0.25) is 9.78 Å². The second-order valence-corrected chi connectivity index (χ2v) is 10.0. The van der Waals surface area contributed by atoms with Crippen molar-refractivity contribution in [2.75, 3.05) is 13.1 Å². The molecule has 4 rings (SSSR count). The Kier molecular flexibility index (Phi) is 5.91. The van der Waals surface area contributed by atoms with Crippen molar-refractivity contribution in [1.82, 2.24) is 13.9 Å². The number of carboxylic acids is 1. The fourth-order valence-electron chi connectivity index (χ4n) is 4.11. The van der Waals surface area contributed by atoms with E-state index in [9.17, 15) is 22.7 Å². The van der Waals surface area contributed by atoms with Crippen LogP contribution in [0.1, 0.15) is 31.7 Å². The average molecular weight is 462 g/mol. The van der Waals surface area contributed by atoms with E-state index in [4.69, 9.17) is 4.74 Å². The number of pyridine rings is 1. The molecule has 0 spiro atoms. The Hall–Kier alpha value is -2.98. The van der Waals surface area contributed by atoms with Crippen molar-refractivity contribution in [1.29, 1.82) is 0 Å². The molecule has 32 heavy (non-hydrogen) atoms. The first-order chi connectivity index (χ1) is 15.2. The number of benzene rings is 1. The van der Waals surface area contributed by atoms with Crippen LogP contribution in [0.5, 0.6) is 5.75 Å². The second kappa shape index (κ2) is 8.51. The normalized spacial score (nSPS) is 17.3. The molecule has 1 aliphatic heterocycles. The number of hydrogen-bond donors (Lipinski definition) is 1. The number of ether oxygens (including phenoxy) is 1. The first kappa shape index (κ1) is 22.2. The summed E-state index contributed by atoms with van der Waals surface area (Å²) in [6.45, 7) is 3.83. The maximum atomic E-state index is 14.4. The van der Waals surface area contributed by atoms with E-state index in [0.717, 1.165) is 17.0 Å². The van der Waals surface area contributed by atoms with Gasteiger partial charge in [-0.1, -0.05) is 0 Å². The van der Waals surface area contributed by atoms with Crippen LogP contribution in [0.4, 0.5) is 4.39 Å². The molecule has 10 heteroatoms. The van der Waals surface area contributed by atoms with Gasteiger partial charge in [-0.25, -0.2) is 12.8 Å². The Bertz CT molecular complexity index is 1270. The van der Waals surface area contributed by atoms with E-state index >= 15 is 0 Å². The lowest BCUT2D eigenvalue weighted by Crippen LogP contribution is -2.28. The van der Waals surface area contributed by atoms with Crippen LogP contribution in [0.2, 0.25) is 0 Å². The van der Waals surface area contributed by atoms with Gasteiger partial charge in [-0.15, -0.1) is 0 Å². The number of carbonyl (C=O) groups is 1. The van der Waals surface area contributed by atoms with Crippen molar-refractivity contribution >= 4 is 26.9 Å². The van der Waals surface area contributed by atoms with Gasteiger partial charge in [0.15, 0.2) is 11.6 Å². The summed E-state index contributed by atoms with van der Waals surface area (Å²) in [5, 5.41) is 10.1. The van der Waals surface area contributed by atoms with Crippen molar-refractivity contribution < 1.29 is 27.4 Å². The van der Waals surface area contributed by atoms with E-state index in [0.29, 0.717) is 11.9 Å². The number of hydrogen-bond acceptors (Lipinski definition) is 5. The Morgan fingerprint density at radius 3 is 2.81 bits per heavy atom. The number of carboxylic acid groups (broad SMARTS) is 1. The third-order valence-corrected chi connectivity index (χ3v) is 7.38. The predicted octanol–water partition coefficient (Wildman–Crippen LogP) is 3.23. The predicted molar refractivity (Wildman–Crippen MR) is 116 cm³/mol. The van der Waals surface area contributed by atoms with E-state index in [1.807, 2.05) is 6.07 Å². The fourth-order valence-corrected chi connectivity index (χ4v) is 5.62. The minimum Gasteiger partial charge on any atom is -0.488 e. The molecule has 0 aliphatic carbocycles. The molecule has 0 saturated carbocycles. The average Bonchev–Trinajstić information content (AvgIpc) is 3.35. The molecular formula is C22H24FN3O5S. The Morgan fingerprint density at radius 2 is 2.12 bits per heavy atom. The molecule has 1 atom stereocenters. The van der Waals surface area contributed by atoms with E-state index in [1.165, 1.54) is 16.4 Å². The van der Waals surface area contributed by atoms with Crippen LogP contribution in [0, 0.1) is 5.82 Å². The molecule has 8 nitrogen and oxygen atoms in total. The largest absolute Gasteiger partial charge is 0.488 e. The summed E-state index contributed by atoms with van der Waals surface area (Å²) < 4.78 is 49.0. The number of aliphatic carboxylic acids is 1. The summed E-state index contributed by atoms with van der Waals surface area (Å²) in [7, 11) is -3.89. The van der Waals surface area contributed by atoms with E-state index in [2.05, 4.69) is 4.98 Å². The summed E-state index contributed by atoms with van der Waals surface area (Å²) in [5.41, 5.74) is 1.57. The lowest BCUT2D eigenvalue weighted by Gasteiger charge is -2.18. The Balaban J connectivity index is 1.60. The van der Waals surface area contributed by atoms with Gasteiger partial charge in [0.2, 0.25) is 10.0 Å². The van der Waals surface area contributed by atoms with Gasteiger partial charge in [0.1, 0.15) is 6.54 Å². The number of sulfonamides is 1.